The van der Waals surface area contributed by atoms with E-state index >= 15 is 0 Å². The van der Waals surface area contributed by atoms with Crippen molar-refractivity contribution in [3.8, 4) is 11.1 Å². The number of carboxylic acids is 1. The van der Waals surface area contributed by atoms with Gasteiger partial charge in [0.05, 0.1) is 0 Å². The van der Waals surface area contributed by atoms with Gasteiger partial charge in [0.15, 0.2) is 0 Å². The number of benzene rings is 2. The molecule has 2 amide bonds. The second-order valence-corrected chi connectivity index (χ2v) is 10.1. The monoisotopic (exact) mass is 466 g/mol. The number of hydrogen-bond acceptors (Lipinski definition) is 4. The first-order valence-electron chi connectivity index (χ1n) is 11.6. The van der Waals surface area contributed by atoms with Gasteiger partial charge in [0, 0.05) is 29.8 Å². The highest BCUT2D eigenvalue weighted by Crippen LogP contribution is 2.44. The lowest BCUT2D eigenvalue weighted by Crippen LogP contribution is -2.49. The van der Waals surface area contributed by atoms with Crippen LogP contribution in [-0.2, 0) is 14.3 Å². The molecule has 2 aromatic carbocycles. The van der Waals surface area contributed by atoms with E-state index in [1.165, 1.54) is 11.1 Å². The van der Waals surface area contributed by atoms with Gasteiger partial charge in [-0.15, -0.1) is 0 Å². The Bertz CT molecular complexity index is 1010. The SMILES string of the molecule is CC(C)(CCC(=O)O)NC(=O)C(C)(C)CCNC(=O)OCC1c2ccccc2-c2ccccc21. The van der Waals surface area contributed by atoms with Crippen LogP contribution in [0.5, 0.6) is 0 Å². The highest BCUT2D eigenvalue weighted by atomic mass is 16.5. The fourth-order valence-corrected chi connectivity index (χ4v) is 4.20. The molecule has 0 aliphatic heterocycles. The molecule has 3 rings (SSSR count). The van der Waals surface area contributed by atoms with Gasteiger partial charge in [-0.3, -0.25) is 9.59 Å². The van der Waals surface area contributed by atoms with Crippen LogP contribution >= 0.6 is 0 Å². The van der Waals surface area contributed by atoms with Crippen LogP contribution in [0.4, 0.5) is 4.79 Å². The van der Waals surface area contributed by atoms with Gasteiger partial charge in [-0.1, -0.05) is 62.4 Å². The van der Waals surface area contributed by atoms with E-state index in [-0.39, 0.29) is 31.4 Å². The number of hydrogen-bond donors (Lipinski definition) is 3. The number of carboxylic acid groups (broad SMARTS) is 1. The molecular weight excluding hydrogens is 432 g/mol. The second kappa shape index (κ2) is 10.3. The maximum atomic E-state index is 12.7. The molecule has 0 heterocycles. The largest absolute Gasteiger partial charge is 0.481 e. The Kier molecular flexibility index (Phi) is 7.64. The van der Waals surface area contributed by atoms with E-state index in [0.29, 0.717) is 12.8 Å². The highest BCUT2D eigenvalue weighted by Gasteiger charge is 2.32. The minimum atomic E-state index is -0.895. The number of aliphatic carboxylic acids is 1. The van der Waals surface area contributed by atoms with Crippen molar-refractivity contribution in [1.29, 1.82) is 0 Å². The number of ether oxygens (including phenoxy) is 1. The topological polar surface area (TPSA) is 105 Å². The second-order valence-electron chi connectivity index (χ2n) is 10.1. The Morgan fingerprint density at radius 2 is 1.47 bits per heavy atom. The van der Waals surface area contributed by atoms with Gasteiger partial charge in [-0.2, -0.15) is 0 Å². The van der Waals surface area contributed by atoms with Gasteiger partial charge in [-0.25, -0.2) is 4.79 Å². The molecule has 0 fully saturated rings. The molecule has 0 radical (unpaired) electrons. The Morgan fingerprint density at radius 1 is 0.912 bits per heavy atom. The third-order valence-corrected chi connectivity index (χ3v) is 6.39. The van der Waals surface area contributed by atoms with Crippen molar-refractivity contribution in [2.75, 3.05) is 13.2 Å². The van der Waals surface area contributed by atoms with Crippen LogP contribution in [0, 0.1) is 5.41 Å². The summed E-state index contributed by atoms with van der Waals surface area (Å²) in [5.74, 6) is -1.08. The molecule has 0 saturated heterocycles. The molecule has 1 aliphatic carbocycles. The molecular formula is C27H34N2O5. The first kappa shape index (κ1) is 25.3. The predicted octanol–water partition coefficient (Wildman–Crippen LogP) is 4.70. The number of amides is 2. The van der Waals surface area contributed by atoms with E-state index < -0.39 is 23.0 Å². The molecule has 0 saturated carbocycles. The maximum absolute atomic E-state index is 12.7. The Morgan fingerprint density at radius 3 is 2.03 bits per heavy atom. The molecule has 0 unspecified atom stereocenters. The van der Waals surface area contributed by atoms with Crippen molar-refractivity contribution in [1.82, 2.24) is 10.6 Å². The number of nitrogens with one attached hydrogen (secondary N) is 2. The van der Waals surface area contributed by atoms with Gasteiger partial charge in [0.25, 0.3) is 0 Å². The highest BCUT2D eigenvalue weighted by molar-refractivity contribution is 5.82. The fraction of sp³-hybridized carbons (Fsp3) is 0.444. The summed E-state index contributed by atoms with van der Waals surface area (Å²) < 4.78 is 5.54. The van der Waals surface area contributed by atoms with Crippen molar-refractivity contribution < 1.29 is 24.2 Å². The average molecular weight is 467 g/mol. The summed E-state index contributed by atoms with van der Waals surface area (Å²) in [5.41, 5.74) is 3.28. The molecule has 7 heteroatoms. The zero-order chi connectivity index (χ0) is 24.9. The molecule has 182 valence electrons. The van der Waals surface area contributed by atoms with Gasteiger partial charge in [-0.05, 0) is 48.9 Å². The molecule has 7 nitrogen and oxygen atoms in total. The molecule has 2 aromatic rings. The van der Waals surface area contributed by atoms with Crippen molar-refractivity contribution >= 4 is 18.0 Å². The van der Waals surface area contributed by atoms with E-state index in [1.54, 1.807) is 27.7 Å². The lowest BCUT2D eigenvalue weighted by molar-refractivity contribution is -0.138. The van der Waals surface area contributed by atoms with Crippen LogP contribution in [-0.4, -0.2) is 41.8 Å². The van der Waals surface area contributed by atoms with Crippen LogP contribution in [0.15, 0.2) is 48.5 Å². The van der Waals surface area contributed by atoms with E-state index in [1.807, 2.05) is 24.3 Å². The van der Waals surface area contributed by atoms with E-state index in [0.717, 1.165) is 11.1 Å². The zero-order valence-corrected chi connectivity index (χ0v) is 20.3. The Labute approximate surface area is 200 Å². The summed E-state index contributed by atoms with van der Waals surface area (Å²) in [6.07, 6.45) is 0.219. The molecule has 0 aromatic heterocycles. The summed E-state index contributed by atoms with van der Waals surface area (Å²) >= 11 is 0. The number of carbonyl (C=O) groups excluding carboxylic acids is 2. The number of rotatable bonds is 10. The van der Waals surface area contributed by atoms with Crippen LogP contribution in [0.3, 0.4) is 0 Å². The first-order valence-corrected chi connectivity index (χ1v) is 11.6. The summed E-state index contributed by atoms with van der Waals surface area (Å²) in [6.45, 7) is 7.73. The number of fused-ring (bicyclic) bond motifs is 3. The lowest BCUT2D eigenvalue weighted by atomic mass is 9.86. The van der Waals surface area contributed by atoms with E-state index in [9.17, 15) is 14.4 Å². The van der Waals surface area contributed by atoms with Crippen LogP contribution in [0.2, 0.25) is 0 Å². The summed E-state index contributed by atoms with van der Waals surface area (Å²) in [4.78, 5) is 35.9. The van der Waals surface area contributed by atoms with Crippen molar-refractivity contribution in [3.63, 3.8) is 0 Å². The van der Waals surface area contributed by atoms with E-state index in [4.69, 9.17) is 9.84 Å². The molecule has 3 N–H and O–H groups in total. The molecule has 0 spiro atoms. The molecule has 34 heavy (non-hydrogen) atoms. The van der Waals surface area contributed by atoms with Crippen molar-refractivity contribution in [3.05, 3.63) is 59.7 Å². The summed E-state index contributed by atoms with van der Waals surface area (Å²) in [6, 6.07) is 16.3. The zero-order valence-electron chi connectivity index (χ0n) is 20.3. The third-order valence-electron chi connectivity index (χ3n) is 6.39. The molecule has 0 atom stereocenters. The standard InChI is InChI=1S/C27H34N2O5/c1-26(2,24(32)29-27(3,4)14-13-23(30)31)15-16-28-25(33)34-17-22-20-11-7-5-9-18(20)19-10-6-8-12-21(19)22/h5-12,22H,13-17H2,1-4H3,(H,28,33)(H,29,32)(H,30,31). The van der Waals surface area contributed by atoms with Crippen LogP contribution < -0.4 is 10.6 Å². The lowest BCUT2D eigenvalue weighted by Gasteiger charge is -2.32. The Balaban J connectivity index is 1.48. The minimum absolute atomic E-state index is 0.00611. The summed E-state index contributed by atoms with van der Waals surface area (Å²) in [7, 11) is 0. The number of alkyl carbamates (subject to hydrolysis) is 1. The van der Waals surface area contributed by atoms with Gasteiger partial charge >= 0.3 is 12.1 Å². The summed E-state index contributed by atoms with van der Waals surface area (Å²) in [5, 5.41) is 14.6. The maximum Gasteiger partial charge on any atom is 0.407 e. The normalized spacial score (nSPS) is 13.1. The van der Waals surface area contributed by atoms with Gasteiger partial charge in [0.1, 0.15) is 6.61 Å². The molecule has 0 bridgehead atoms. The van der Waals surface area contributed by atoms with Crippen LogP contribution in [0.1, 0.15) is 64.0 Å². The van der Waals surface area contributed by atoms with Crippen molar-refractivity contribution in [2.24, 2.45) is 5.41 Å². The first-order chi connectivity index (χ1) is 16.0. The smallest absolute Gasteiger partial charge is 0.407 e. The van der Waals surface area contributed by atoms with Crippen molar-refractivity contribution in [2.45, 2.75) is 58.4 Å². The van der Waals surface area contributed by atoms with Gasteiger partial charge < -0.3 is 20.5 Å². The van der Waals surface area contributed by atoms with E-state index in [2.05, 4.69) is 34.9 Å². The quantitative estimate of drug-likeness (QED) is 0.471. The predicted molar refractivity (Wildman–Crippen MR) is 131 cm³/mol. The fourth-order valence-electron chi connectivity index (χ4n) is 4.20. The van der Waals surface area contributed by atoms with Gasteiger partial charge in [0.2, 0.25) is 5.91 Å². The minimum Gasteiger partial charge on any atom is -0.481 e. The number of carbonyl (C=O) groups is 3. The third kappa shape index (κ3) is 6.16. The Hall–Kier alpha value is -3.35. The van der Waals surface area contributed by atoms with Crippen LogP contribution in [0.25, 0.3) is 11.1 Å². The molecule has 1 aliphatic rings. The average Bonchev–Trinajstić information content (AvgIpc) is 3.10.